The molecule has 5 rings (SSSR count). The minimum atomic E-state index is -0.229. The molecule has 3 fully saturated rings. The van der Waals surface area contributed by atoms with Crippen molar-refractivity contribution in [3.05, 3.63) is 75.5 Å². The van der Waals surface area contributed by atoms with Gasteiger partial charge in [0.25, 0.3) is 0 Å². The Kier molecular flexibility index (Phi) is 14.7. The summed E-state index contributed by atoms with van der Waals surface area (Å²) in [4.78, 5) is 0. The predicted octanol–water partition coefficient (Wildman–Crippen LogP) is 8.94. The number of benzene rings is 2. The maximum atomic E-state index is 2.55. The van der Waals surface area contributed by atoms with Gasteiger partial charge in [-0.2, -0.15) is 0 Å². The number of rotatable bonds is 4. The third-order valence-corrected chi connectivity index (χ3v) is 14.7. The van der Waals surface area contributed by atoms with Gasteiger partial charge in [0.1, 0.15) is 0 Å². The zero-order chi connectivity index (χ0) is 20.8. The van der Waals surface area contributed by atoms with E-state index in [2.05, 4.69) is 74.5 Å². The Morgan fingerprint density at radius 2 is 1.03 bits per heavy atom. The van der Waals surface area contributed by atoms with Gasteiger partial charge in [0.15, 0.2) is 0 Å². The van der Waals surface area contributed by atoms with Gasteiger partial charge in [0, 0.05) is 0 Å². The molecule has 0 aromatic heterocycles. The smallest absolute Gasteiger partial charge is 0.358 e. The summed E-state index contributed by atoms with van der Waals surface area (Å²) in [6.07, 6.45) is 14.8. The molecular weight excluding hydrogens is 478 g/mol. The average molecular weight is 524 g/mol. The van der Waals surface area contributed by atoms with Gasteiger partial charge in [0.2, 0.25) is 0 Å². The van der Waals surface area contributed by atoms with Crippen molar-refractivity contribution in [1.82, 2.24) is 0 Å². The molecule has 2 aliphatic carbocycles. The SMILES string of the molecule is C1CCCC1.C[C@H]1CC[C@H](C)P1C1CCCC1P(c1ccccc1)c1ccccc1.[CH3-].[CH3-].[Fe+2]. The molecule has 3 heteroatoms. The van der Waals surface area contributed by atoms with Crippen molar-refractivity contribution in [2.24, 2.45) is 0 Å². The summed E-state index contributed by atoms with van der Waals surface area (Å²) >= 11 is 0. The molecule has 2 unspecified atom stereocenters. The van der Waals surface area contributed by atoms with Crippen molar-refractivity contribution in [3.63, 3.8) is 0 Å². The maximum absolute atomic E-state index is 2.55. The van der Waals surface area contributed by atoms with Crippen LogP contribution in [0.4, 0.5) is 0 Å². The van der Waals surface area contributed by atoms with Gasteiger partial charge in [-0.05, 0) is 66.8 Å². The second-order valence-electron chi connectivity index (χ2n) is 9.60. The van der Waals surface area contributed by atoms with Crippen molar-refractivity contribution in [1.29, 1.82) is 0 Å². The minimum absolute atomic E-state index is 0. The molecule has 0 nitrogen and oxygen atoms in total. The Balaban J connectivity index is 0.000000607. The predicted molar refractivity (Wildman–Crippen MR) is 151 cm³/mol. The molecule has 0 radical (unpaired) electrons. The summed E-state index contributed by atoms with van der Waals surface area (Å²) in [6.45, 7) is 5.11. The van der Waals surface area contributed by atoms with Gasteiger partial charge >= 0.3 is 17.1 Å². The molecule has 0 spiro atoms. The van der Waals surface area contributed by atoms with Crippen LogP contribution in [-0.4, -0.2) is 22.6 Å². The van der Waals surface area contributed by atoms with Crippen LogP contribution in [0.25, 0.3) is 0 Å². The van der Waals surface area contributed by atoms with E-state index in [1.54, 1.807) is 10.6 Å². The van der Waals surface area contributed by atoms with Crippen molar-refractivity contribution < 1.29 is 17.1 Å². The summed E-state index contributed by atoms with van der Waals surface area (Å²) in [5.41, 5.74) is 3.86. The molecule has 33 heavy (non-hydrogen) atoms. The standard InChI is InChI=1S/C23H30P2.C5H10.2CH3.Fe/c1-18-16-17-19(2)24(18)22-14-9-15-23(22)25(20-10-5-3-6-11-20)21-12-7-4-8-13-21;1-2-4-5-3-1;;;/h3-8,10-13,18-19,22-23H,9,14-17H2,1-2H3;1-5H2;2*1H3;/q;;2*-1;+2/t18-,19-,22?,23?;;;;/m0..../s1. The normalized spacial score (nSPS) is 26.5. The first-order chi connectivity index (χ1) is 14.8. The summed E-state index contributed by atoms with van der Waals surface area (Å²) in [6, 6.07) is 22.9. The molecule has 1 aliphatic heterocycles. The molecule has 0 bridgehead atoms. The van der Waals surface area contributed by atoms with Crippen LogP contribution in [0, 0.1) is 14.9 Å². The molecular formula is C30H46FeP2. The van der Waals surface area contributed by atoms with E-state index in [1.165, 1.54) is 64.2 Å². The molecule has 0 amide bonds. The third-order valence-electron chi connectivity index (χ3n) is 7.50. The van der Waals surface area contributed by atoms with Crippen LogP contribution >= 0.6 is 15.8 Å². The fourth-order valence-corrected chi connectivity index (χ4v) is 14.0. The van der Waals surface area contributed by atoms with Crippen LogP contribution < -0.4 is 10.6 Å². The first-order valence-corrected chi connectivity index (χ1v) is 15.4. The molecule has 2 aromatic carbocycles. The summed E-state index contributed by atoms with van der Waals surface area (Å²) in [7, 11) is -0.0343. The van der Waals surface area contributed by atoms with E-state index in [9.17, 15) is 0 Å². The van der Waals surface area contributed by atoms with Crippen molar-refractivity contribution in [2.45, 2.75) is 101 Å². The fraction of sp³-hybridized carbons (Fsp3) is 0.533. The number of hydrogen-bond acceptors (Lipinski definition) is 0. The van der Waals surface area contributed by atoms with E-state index in [0.29, 0.717) is 0 Å². The van der Waals surface area contributed by atoms with Gasteiger partial charge in [-0.15, -0.1) is 0 Å². The van der Waals surface area contributed by atoms with Gasteiger partial charge in [-0.1, -0.05) is 121 Å². The Bertz CT molecular complexity index is 689. The number of hydrogen-bond donors (Lipinski definition) is 0. The molecule has 2 aromatic rings. The van der Waals surface area contributed by atoms with Crippen LogP contribution in [0.3, 0.4) is 0 Å². The topological polar surface area (TPSA) is 0 Å². The van der Waals surface area contributed by atoms with Crippen molar-refractivity contribution in [3.8, 4) is 0 Å². The fourth-order valence-electron chi connectivity index (χ4n) is 6.03. The monoisotopic (exact) mass is 524 g/mol. The minimum Gasteiger partial charge on any atom is -0.358 e. The van der Waals surface area contributed by atoms with Crippen LogP contribution in [0.1, 0.15) is 78.1 Å². The largest absolute Gasteiger partial charge is 2.00 e. The average Bonchev–Trinajstić information content (AvgIpc) is 3.55. The summed E-state index contributed by atoms with van der Waals surface area (Å²) < 4.78 is 0. The van der Waals surface area contributed by atoms with E-state index in [-0.39, 0.29) is 47.8 Å². The first kappa shape index (κ1) is 30.8. The molecule has 3 aliphatic rings. The van der Waals surface area contributed by atoms with Gasteiger partial charge in [-0.25, -0.2) is 0 Å². The van der Waals surface area contributed by atoms with Gasteiger partial charge < -0.3 is 14.9 Å². The zero-order valence-corrected chi connectivity index (χ0v) is 24.3. The second kappa shape index (κ2) is 15.7. The van der Waals surface area contributed by atoms with Crippen LogP contribution in [-0.2, 0) is 17.1 Å². The Labute approximate surface area is 219 Å². The Hall–Kier alpha value is -0.181. The molecule has 4 atom stereocenters. The van der Waals surface area contributed by atoms with Crippen molar-refractivity contribution in [2.75, 3.05) is 0 Å². The van der Waals surface area contributed by atoms with Gasteiger partial charge in [-0.3, -0.25) is 0 Å². The maximum Gasteiger partial charge on any atom is 2.00 e. The van der Waals surface area contributed by atoms with Crippen LogP contribution in [0.5, 0.6) is 0 Å². The second-order valence-corrected chi connectivity index (χ2v) is 15.4. The van der Waals surface area contributed by atoms with E-state index < -0.39 is 0 Å². The van der Waals surface area contributed by atoms with Crippen LogP contribution in [0.2, 0.25) is 0 Å². The third kappa shape index (κ3) is 7.91. The van der Waals surface area contributed by atoms with E-state index in [0.717, 1.165) is 22.6 Å². The molecule has 1 saturated heterocycles. The quantitative estimate of drug-likeness (QED) is 0.213. The zero-order valence-electron chi connectivity index (χ0n) is 21.4. The Morgan fingerprint density at radius 1 is 0.606 bits per heavy atom. The van der Waals surface area contributed by atoms with Crippen LogP contribution in [0.15, 0.2) is 60.7 Å². The van der Waals surface area contributed by atoms with Gasteiger partial charge in [0.05, 0.1) is 0 Å². The van der Waals surface area contributed by atoms with E-state index in [1.807, 2.05) is 0 Å². The molecule has 184 valence electrons. The molecule has 1 heterocycles. The Morgan fingerprint density at radius 3 is 1.45 bits per heavy atom. The van der Waals surface area contributed by atoms with Crippen molar-refractivity contribution >= 4 is 26.5 Å². The summed E-state index contributed by atoms with van der Waals surface area (Å²) in [5.74, 6) is 0. The molecule has 2 saturated carbocycles. The molecule has 0 N–H and O–H groups in total. The van der Waals surface area contributed by atoms with E-state index in [4.69, 9.17) is 0 Å². The first-order valence-electron chi connectivity index (χ1n) is 12.4. The summed E-state index contributed by atoms with van der Waals surface area (Å²) in [5, 5.41) is 3.19. The van der Waals surface area contributed by atoms with E-state index >= 15 is 0 Å².